The second-order valence-corrected chi connectivity index (χ2v) is 4.66. The molecule has 3 heteroatoms. The smallest absolute Gasteiger partial charge is 0.226 e. The molecule has 0 aromatic rings. The Morgan fingerprint density at radius 2 is 2.33 bits per heavy atom. The van der Waals surface area contributed by atoms with Crippen LogP contribution < -0.4 is 0 Å². The molecule has 0 bridgehead atoms. The molecule has 2 nitrogen and oxygen atoms in total. The SMILES string of the molecule is CCN(C(=O)CCCBr)C1=CCCCC1. The van der Waals surface area contributed by atoms with Crippen LogP contribution in [0.3, 0.4) is 0 Å². The van der Waals surface area contributed by atoms with Gasteiger partial charge in [-0.3, -0.25) is 4.79 Å². The average Bonchev–Trinajstić information content (AvgIpc) is 2.29. The van der Waals surface area contributed by atoms with Crippen LogP contribution in [0.15, 0.2) is 11.8 Å². The summed E-state index contributed by atoms with van der Waals surface area (Å²) in [5.41, 5.74) is 1.25. The molecular weight excluding hydrogens is 254 g/mol. The summed E-state index contributed by atoms with van der Waals surface area (Å²) < 4.78 is 0. The lowest BCUT2D eigenvalue weighted by molar-refractivity contribution is -0.129. The minimum Gasteiger partial charge on any atom is -0.317 e. The van der Waals surface area contributed by atoms with Crippen molar-refractivity contribution in [3.63, 3.8) is 0 Å². The Bertz CT molecular complexity index is 238. The van der Waals surface area contributed by atoms with Crippen LogP contribution in [0.2, 0.25) is 0 Å². The molecule has 0 fully saturated rings. The Morgan fingerprint density at radius 3 is 2.87 bits per heavy atom. The summed E-state index contributed by atoms with van der Waals surface area (Å²) in [6, 6.07) is 0. The van der Waals surface area contributed by atoms with E-state index in [2.05, 4.69) is 28.9 Å². The zero-order valence-electron chi connectivity index (χ0n) is 9.47. The van der Waals surface area contributed by atoms with Crippen molar-refractivity contribution < 1.29 is 4.79 Å². The molecule has 0 radical (unpaired) electrons. The van der Waals surface area contributed by atoms with Crippen LogP contribution in [-0.2, 0) is 4.79 Å². The topological polar surface area (TPSA) is 20.3 Å². The van der Waals surface area contributed by atoms with Gasteiger partial charge in [-0.25, -0.2) is 0 Å². The molecule has 0 heterocycles. The van der Waals surface area contributed by atoms with Gasteiger partial charge in [0.15, 0.2) is 0 Å². The van der Waals surface area contributed by atoms with Crippen LogP contribution in [0, 0.1) is 0 Å². The van der Waals surface area contributed by atoms with Gasteiger partial charge in [-0.2, -0.15) is 0 Å². The number of carbonyl (C=O) groups excluding carboxylic acids is 1. The highest BCUT2D eigenvalue weighted by Gasteiger charge is 2.16. The highest BCUT2D eigenvalue weighted by Crippen LogP contribution is 2.21. The summed E-state index contributed by atoms with van der Waals surface area (Å²) in [7, 11) is 0. The van der Waals surface area contributed by atoms with E-state index in [9.17, 15) is 4.79 Å². The first-order valence-corrected chi connectivity index (χ1v) is 6.97. The summed E-state index contributed by atoms with van der Waals surface area (Å²) in [5, 5.41) is 0.912. The van der Waals surface area contributed by atoms with Crippen LogP contribution in [0.25, 0.3) is 0 Å². The highest BCUT2D eigenvalue weighted by atomic mass is 79.9. The number of alkyl halides is 1. The second-order valence-electron chi connectivity index (χ2n) is 3.87. The van der Waals surface area contributed by atoms with Crippen LogP contribution in [-0.4, -0.2) is 22.7 Å². The molecule has 15 heavy (non-hydrogen) atoms. The zero-order chi connectivity index (χ0) is 11.1. The molecule has 86 valence electrons. The maximum Gasteiger partial charge on any atom is 0.226 e. The normalized spacial score (nSPS) is 16.0. The molecule has 1 rings (SSSR count). The van der Waals surface area contributed by atoms with Gasteiger partial charge in [0.25, 0.3) is 0 Å². The van der Waals surface area contributed by atoms with Crippen molar-refractivity contribution in [2.24, 2.45) is 0 Å². The van der Waals surface area contributed by atoms with Crippen LogP contribution in [0.1, 0.15) is 45.4 Å². The number of hydrogen-bond donors (Lipinski definition) is 0. The number of carbonyl (C=O) groups is 1. The first-order chi connectivity index (χ1) is 7.29. The number of hydrogen-bond acceptors (Lipinski definition) is 1. The largest absolute Gasteiger partial charge is 0.317 e. The zero-order valence-corrected chi connectivity index (χ0v) is 11.1. The van der Waals surface area contributed by atoms with Gasteiger partial charge in [0.1, 0.15) is 0 Å². The van der Waals surface area contributed by atoms with Crippen molar-refractivity contribution in [3.8, 4) is 0 Å². The summed E-state index contributed by atoms with van der Waals surface area (Å²) in [6.45, 7) is 2.87. The van der Waals surface area contributed by atoms with E-state index in [1.54, 1.807) is 0 Å². The fourth-order valence-electron chi connectivity index (χ4n) is 1.96. The fourth-order valence-corrected chi connectivity index (χ4v) is 2.24. The van der Waals surface area contributed by atoms with Crippen LogP contribution in [0.4, 0.5) is 0 Å². The molecular formula is C12H20BrNO. The van der Waals surface area contributed by atoms with Gasteiger partial charge in [0.05, 0.1) is 0 Å². The lowest BCUT2D eigenvalue weighted by Crippen LogP contribution is -2.30. The maximum atomic E-state index is 11.9. The predicted molar refractivity (Wildman–Crippen MR) is 67.0 cm³/mol. The predicted octanol–water partition coefficient (Wildman–Crippen LogP) is 3.47. The third-order valence-electron chi connectivity index (χ3n) is 2.76. The van der Waals surface area contributed by atoms with Gasteiger partial charge in [0.2, 0.25) is 5.91 Å². The van der Waals surface area contributed by atoms with Gasteiger partial charge in [-0.15, -0.1) is 0 Å². The van der Waals surface area contributed by atoms with Crippen molar-refractivity contribution in [2.45, 2.75) is 45.4 Å². The molecule has 0 saturated heterocycles. The van der Waals surface area contributed by atoms with Gasteiger partial charge >= 0.3 is 0 Å². The standard InChI is InChI=1S/C12H20BrNO/c1-2-14(12(15)9-6-10-13)11-7-4-3-5-8-11/h7H,2-6,8-10H2,1H3. The molecule has 0 aromatic heterocycles. The Hall–Kier alpha value is -0.310. The number of rotatable bonds is 5. The minimum atomic E-state index is 0.283. The minimum absolute atomic E-state index is 0.283. The van der Waals surface area contributed by atoms with Crippen molar-refractivity contribution in [1.29, 1.82) is 0 Å². The molecule has 0 saturated carbocycles. The van der Waals surface area contributed by atoms with Crippen molar-refractivity contribution in [1.82, 2.24) is 4.90 Å². The van der Waals surface area contributed by atoms with E-state index in [-0.39, 0.29) is 5.91 Å². The van der Waals surface area contributed by atoms with Crippen molar-refractivity contribution in [3.05, 3.63) is 11.8 Å². The maximum absolute atomic E-state index is 11.9. The van der Waals surface area contributed by atoms with Gasteiger partial charge < -0.3 is 4.90 Å². The number of nitrogens with zero attached hydrogens (tertiary/aromatic N) is 1. The Balaban J connectivity index is 2.53. The molecule has 0 unspecified atom stereocenters. The summed E-state index contributed by atoms with van der Waals surface area (Å²) in [6.07, 6.45) is 8.55. The van der Waals surface area contributed by atoms with Crippen LogP contribution in [0.5, 0.6) is 0 Å². The first kappa shape index (κ1) is 12.8. The van der Waals surface area contributed by atoms with E-state index in [0.717, 1.165) is 31.1 Å². The summed E-state index contributed by atoms with van der Waals surface area (Å²) in [5.74, 6) is 0.283. The van der Waals surface area contributed by atoms with E-state index in [0.29, 0.717) is 6.42 Å². The molecule has 0 aromatic carbocycles. The third kappa shape index (κ3) is 3.98. The van der Waals surface area contributed by atoms with Crippen molar-refractivity contribution >= 4 is 21.8 Å². The third-order valence-corrected chi connectivity index (χ3v) is 3.32. The molecule has 1 amide bonds. The second kappa shape index (κ2) is 7.04. The van der Waals surface area contributed by atoms with E-state index in [4.69, 9.17) is 0 Å². The molecule has 0 N–H and O–H groups in total. The number of amides is 1. The Kier molecular flexibility index (Phi) is 5.99. The number of halogens is 1. The molecule has 0 spiro atoms. The summed E-state index contributed by atoms with van der Waals surface area (Å²) in [4.78, 5) is 13.9. The van der Waals surface area contributed by atoms with E-state index in [1.807, 2.05) is 4.90 Å². The van der Waals surface area contributed by atoms with Gasteiger partial charge in [0, 0.05) is 24.0 Å². The van der Waals surface area contributed by atoms with Gasteiger partial charge in [-0.05, 0) is 39.0 Å². The van der Waals surface area contributed by atoms with E-state index >= 15 is 0 Å². The van der Waals surface area contributed by atoms with E-state index in [1.165, 1.54) is 18.5 Å². The highest BCUT2D eigenvalue weighted by molar-refractivity contribution is 9.09. The molecule has 0 aliphatic heterocycles. The monoisotopic (exact) mass is 273 g/mol. The fraction of sp³-hybridized carbons (Fsp3) is 0.750. The van der Waals surface area contributed by atoms with Gasteiger partial charge in [-0.1, -0.05) is 22.0 Å². The quantitative estimate of drug-likeness (QED) is 0.703. The van der Waals surface area contributed by atoms with Crippen molar-refractivity contribution in [2.75, 3.05) is 11.9 Å². The molecule has 1 aliphatic carbocycles. The lowest BCUT2D eigenvalue weighted by Gasteiger charge is -2.26. The lowest BCUT2D eigenvalue weighted by atomic mass is 10.0. The first-order valence-electron chi connectivity index (χ1n) is 5.85. The molecule has 0 atom stereocenters. The molecule has 1 aliphatic rings. The average molecular weight is 274 g/mol. The number of allylic oxidation sites excluding steroid dienone is 2. The Labute approximate surface area is 101 Å². The van der Waals surface area contributed by atoms with Crippen LogP contribution >= 0.6 is 15.9 Å². The Morgan fingerprint density at radius 1 is 1.53 bits per heavy atom. The van der Waals surface area contributed by atoms with E-state index < -0.39 is 0 Å². The summed E-state index contributed by atoms with van der Waals surface area (Å²) >= 11 is 3.36.